The van der Waals surface area contributed by atoms with Crippen LogP contribution in [0.4, 0.5) is 0 Å². The fourth-order valence-corrected chi connectivity index (χ4v) is 2.75. The Labute approximate surface area is 104 Å². The summed E-state index contributed by atoms with van der Waals surface area (Å²) in [6.45, 7) is 8.77. The van der Waals surface area contributed by atoms with Gasteiger partial charge in [-0.05, 0) is 68.4 Å². The van der Waals surface area contributed by atoms with E-state index in [1.54, 1.807) is 0 Å². The average molecular weight is 233 g/mol. The number of nitrogens with two attached hydrogens (primary N) is 1. The first kappa shape index (κ1) is 12.6. The number of aryl methyl sites for hydroxylation is 2. The van der Waals surface area contributed by atoms with Crippen molar-refractivity contribution in [3.63, 3.8) is 0 Å². The van der Waals surface area contributed by atoms with Crippen LogP contribution in [0.15, 0.2) is 6.07 Å². The van der Waals surface area contributed by atoms with Gasteiger partial charge in [-0.25, -0.2) is 0 Å². The molecular formula is C15H23NO. The molecule has 0 amide bonds. The molecule has 17 heavy (non-hydrogen) atoms. The van der Waals surface area contributed by atoms with Crippen LogP contribution in [0.3, 0.4) is 0 Å². The van der Waals surface area contributed by atoms with E-state index in [2.05, 4.69) is 33.8 Å². The lowest BCUT2D eigenvalue weighted by Gasteiger charge is -2.27. The molecule has 0 aliphatic heterocycles. The van der Waals surface area contributed by atoms with Crippen molar-refractivity contribution in [3.05, 3.63) is 33.9 Å². The van der Waals surface area contributed by atoms with Gasteiger partial charge in [-0.3, -0.25) is 0 Å². The third-order valence-corrected chi connectivity index (χ3v) is 4.60. The normalized spacial score (nSPS) is 19.2. The predicted octanol–water partition coefficient (Wildman–Crippen LogP) is 2.69. The maximum Gasteiger partial charge on any atom is 0.0505 e. The minimum Gasteiger partial charge on any atom is -0.396 e. The lowest BCUT2D eigenvalue weighted by Crippen LogP contribution is -2.27. The zero-order valence-electron chi connectivity index (χ0n) is 11.3. The largest absolute Gasteiger partial charge is 0.396 e. The molecule has 3 N–H and O–H groups in total. The molecule has 0 heterocycles. The van der Waals surface area contributed by atoms with Crippen LogP contribution in [0.25, 0.3) is 0 Å². The maximum atomic E-state index is 9.53. The Morgan fingerprint density at radius 2 is 1.65 bits per heavy atom. The fraction of sp³-hybridized carbons (Fsp3) is 0.600. The van der Waals surface area contributed by atoms with Crippen LogP contribution >= 0.6 is 0 Å². The highest BCUT2D eigenvalue weighted by atomic mass is 16.3. The molecule has 0 bridgehead atoms. The highest BCUT2D eigenvalue weighted by Gasteiger charge is 2.48. The number of rotatable bonds is 3. The Hall–Kier alpha value is -0.860. The molecular weight excluding hydrogens is 210 g/mol. The van der Waals surface area contributed by atoms with E-state index in [1.807, 2.05) is 0 Å². The quantitative estimate of drug-likeness (QED) is 0.843. The molecule has 1 aromatic rings. The van der Waals surface area contributed by atoms with Crippen molar-refractivity contribution < 1.29 is 5.11 Å². The lowest BCUT2D eigenvalue weighted by atomic mass is 9.83. The second-order valence-corrected chi connectivity index (χ2v) is 5.67. The molecule has 1 aliphatic rings. The summed E-state index contributed by atoms with van der Waals surface area (Å²) in [6.07, 6.45) is 2.10. The Morgan fingerprint density at radius 3 is 2.00 bits per heavy atom. The van der Waals surface area contributed by atoms with Crippen molar-refractivity contribution in [2.24, 2.45) is 11.1 Å². The Balaban J connectivity index is 2.51. The minimum atomic E-state index is -0.0459. The van der Waals surface area contributed by atoms with Crippen LogP contribution in [0.5, 0.6) is 0 Å². The lowest BCUT2D eigenvalue weighted by molar-refractivity contribution is 0.187. The number of benzene rings is 1. The zero-order valence-corrected chi connectivity index (χ0v) is 11.3. The van der Waals surface area contributed by atoms with Crippen LogP contribution in [0, 0.1) is 33.1 Å². The molecule has 2 heteroatoms. The molecule has 1 atom stereocenters. The van der Waals surface area contributed by atoms with E-state index in [0.717, 1.165) is 12.8 Å². The van der Waals surface area contributed by atoms with Gasteiger partial charge >= 0.3 is 0 Å². The van der Waals surface area contributed by atoms with E-state index in [-0.39, 0.29) is 18.1 Å². The first-order valence-corrected chi connectivity index (χ1v) is 6.36. The molecule has 1 fully saturated rings. The van der Waals surface area contributed by atoms with Crippen molar-refractivity contribution in [2.75, 3.05) is 6.61 Å². The molecule has 1 aliphatic carbocycles. The van der Waals surface area contributed by atoms with Crippen LogP contribution < -0.4 is 5.73 Å². The molecule has 2 rings (SSSR count). The summed E-state index contributed by atoms with van der Waals surface area (Å²) in [7, 11) is 0. The van der Waals surface area contributed by atoms with Crippen LogP contribution in [-0.4, -0.2) is 11.7 Å². The molecule has 0 radical (unpaired) electrons. The van der Waals surface area contributed by atoms with Gasteiger partial charge < -0.3 is 10.8 Å². The van der Waals surface area contributed by atoms with Gasteiger partial charge in [0.1, 0.15) is 0 Å². The first-order valence-electron chi connectivity index (χ1n) is 6.36. The third-order valence-electron chi connectivity index (χ3n) is 4.60. The molecule has 1 saturated carbocycles. The van der Waals surface area contributed by atoms with E-state index in [1.165, 1.54) is 27.8 Å². The Bertz CT molecular complexity index is 420. The predicted molar refractivity (Wildman–Crippen MR) is 71.1 cm³/mol. The van der Waals surface area contributed by atoms with Crippen molar-refractivity contribution in [1.82, 2.24) is 0 Å². The average Bonchev–Trinajstić information content (AvgIpc) is 3.07. The van der Waals surface area contributed by atoms with Crippen molar-refractivity contribution in [2.45, 2.75) is 46.6 Å². The number of aliphatic hydroxyl groups is 1. The van der Waals surface area contributed by atoms with E-state index >= 15 is 0 Å². The minimum absolute atomic E-state index is 0.0221. The second kappa shape index (κ2) is 4.11. The second-order valence-electron chi connectivity index (χ2n) is 5.67. The van der Waals surface area contributed by atoms with Gasteiger partial charge in [-0.2, -0.15) is 0 Å². The van der Waals surface area contributed by atoms with Gasteiger partial charge in [0, 0.05) is 11.5 Å². The van der Waals surface area contributed by atoms with E-state index in [4.69, 9.17) is 5.73 Å². The summed E-state index contributed by atoms with van der Waals surface area (Å²) in [5, 5.41) is 9.53. The molecule has 1 unspecified atom stereocenters. The summed E-state index contributed by atoms with van der Waals surface area (Å²) in [6, 6.07) is 2.20. The monoisotopic (exact) mass is 233 g/mol. The van der Waals surface area contributed by atoms with Gasteiger partial charge in [-0.15, -0.1) is 0 Å². The SMILES string of the molecule is Cc1cc(C)c(C)c(C(N)C2(CO)CC2)c1C. The highest BCUT2D eigenvalue weighted by Crippen LogP contribution is 2.54. The summed E-state index contributed by atoms with van der Waals surface area (Å²) in [5.74, 6) is 0. The fourth-order valence-electron chi connectivity index (χ4n) is 2.75. The van der Waals surface area contributed by atoms with Crippen molar-refractivity contribution in [1.29, 1.82) is 0 Å². The van der Waals surface area contributed by atoms with E-state index in [9.17, 15) is 5.11 Å². The summed E-state index contributed by atoms with van der Waals surface area (Å²) < 4.78 is 0. The number of aliphatic hydroxyl groups excluding tert-OH is 1. The van der Waals surface area contributed by atoms with Crippen molar-refractivity contribution in [3.8, 4) is 0 Å². The van der Waals surface area contributed by atoms with Crippen molar-refractivity contribution >= 4 is 0 Å². The molecule has 2 nitrogen and oxygen atoms in total. The molecule has 0 aromatic heterocycles. The molecule has 1 aromatic carbocycles. The van der Waals surface area contributed by atoms with Gasteiger partial charge in [-0.1, -0.05) is 6.07 Å². The first-order chi connectivity index (χ1) is 7.93. The highest BCUT2D eigenvalue weighted by molar-refractivity contribution is 5.46. The Morgan fingerprint density at radius 1 is 1.18 bits per heavy atom. The molecule has 94 valence electrons. The van der Waals surface area contributed by atoms with Gasteiger partial charge in [0.05, 0.1) is 6.61 Å². The third kappa shape index (κ3) is 1.90. The number of hydrogen-bond acceptors (Lipinski definition) is 2. The van der Waals surface area contributed by atoms with Crippen LogP contribution in [-0.2, 0) is 0 Å². The Kier molecular flexibility index (Phi) is 3.04. The summed E-state index contributed by atoms with van der Waals surface area (Å²) in [5.41, 5.74) is 12.8. The summed E-state index contributed by atoms with van der Waals surface area (Å²) >= 11 is 0. The van der Waals surface area contributed by atoms with E-state index in [0.29, 0.717) is 0 Å². The summed E-state index contributed by atoms with van der Waals surface area (Å²) in [4.78, 5) is 0. The maximum absolute atomic E-state index is 9.53. The number of hydrogen-bond donors (Lipinski definition) is 2. The van der Waals surface area contributed by atoms with Crippen LogP contribution in [0.1, 0.15) is 46.7 Å². The van der Waals surface area contributed by atoms with Crippen LogP contribution in [0.2, 0.25) is 0 Å². The van der Waals surface area contributed by atoms with Gasteiger partial charge in [0.2, 0.25) is 0 Å². The molecule has 0 saturated heterocycles. The van der Waals surface area contributed by atoms with Gasteiger partial charge in [0.15, 0.2) is 0 Å². The zero-order chi connectivity index (χ0) is 12.8. The standard InChI is InChI=1S/C15H23NO/c1-9-7-10(2)12(4)13(11(9)3)14(16)15(8-17)5-6-15/h7,14,17H,5-6,8,16H2,1-4H3. The smallest absolute Gasteiger partial charge is 0.0505 e. The topological polar surface area (TPSA) is 46.2 Å². The molecule has 0 spiro atoms. The van der Waals surface area contributed by atoms with E-state index < -0.39 is 0 Å². The van der Waals surface area contributed by atoms with Gasteiger partial charge in [0.25, 0.3) is 0 Å².